The van der Waals surface area contributed by atoms with Crippen molar-refractivity contribution in [3.63, 3.8) is 0 Å². The summed E-state index contributed by atoms with van der Waals surface area (Å²) in [5, 5.41) is 3.53. The van der Waals surface area contributed by atoms with Crippen molar-refractivity contribution in [3.05, 3.63) is 293 Å². The molecular formula is C63H41N. The van der Waals surface area contributed by atoms with Crippen LogP contribution in [-0.2, 0) is 10.8 Å². The Morgan fingerprint density at radius 2 is 0.625 bits per heavy atom. The fourth-order valence-electron chi connectivity index (χ4n) is 11.8. The van der Waals surface area contributed by atoms with Crippen LogP contribution in [0, 0.1) is 0 Å². The van der Waals surface area contributed by atoms with Gasteiger partial charge in [-0.3, -0.25) is 4.98 Å². The number of fused-ring (bicyclic) bond motifs is 8. The van der Waals surface area contributed by atoms with E-state index >= 15 is 0 Å². The first-order chi connectivity index (χ1) is 31.8. The number of hydrogen-bond donors (Lipinski definition) is 0. The minimum Gasteiger partial charge on any atom is -0.256 e. The van der Waals surface area contributed by atoms with Gasteiger partial charge in [-0.25, -0.2) is 0 Å². The summed E-state index contributed by atoms with van der Waals surface area (Å²) in [4.78, 5) is 5.31. The minimum atomic E-state index is -0.505. The maximum absolute atomic E-state index is 5.31. The Hall–Kier alpha value is -8.13. The highest BCUT2D eigenvalue weighted by Crippen LogP contribution is 2.59. The molecule has 2 aliphatic carbocycles. The van der Waals surface area contributed by atoms with Crippen LogP contribution >= 0.6 is 0 Å². The van der Waals surface area contributed by atoms with Crippen LogP contribution in [0.1, 0.15) is 44.5 Å². The molecule has 0 aliphatic heterocycles. The van der Waals surface area contributed by atoms with Crippen molar-refractivity contribution in [1.82, 2.24) is 4.98 Å². The van der Waals surface area contributed by atoms with E-state index in [1.165, 1.54) is 88.7 Å². The molecule has 0 bridgehead atoms. The van der Waals surface area contributed by atoms with Gasteiger partial charge in [0.25, 0.3) is 0 Å². The first-order valence-corrected chi connectivity index (χ1v) is 22.3. The third-order valence-corrected chi connectivity index (χ3v) is 14.3. The summed E-state index contributed by atoms with van der Waals surface area (Å²) in [6, 6.07) is 90.0. The zero-order chi connectivity index (χ0) is 42.2. The van der Waals surface area contributed by atoms with Crippen LogP contribution in [0.25, 0.3) is 66.2 Å². The van der Waals surface area contributed by atoms with Gasteiger partial charge < -0.3 is 0 Å². The van der Waals surface area contributed by atoms with Crippen LogP contribution in [0.5, 0.6) is 0 Å². The number of nitrogens with zero attached hydrogens (tertiary/aromatic N) is 1. The lowest BCUT2D eigenvalue weighted by atomic mass is 9.67. The topological polar surface area (TPSA) is 12.9 Å². The lowest BCUT2D eigenvalue weighted by molar-refractivity contribution is 0.769. The average Bonchev–Trinajstić information content (AvgIpc) is 3.84. The Labute approximate surface area is 373 Å². The first kappa shape index (κ1) is 36.5. The molecule has 11 aromatic rings. The summed E-state index contributed by atoms with van der Waals surface area (Å²) in [5.74, 6) is 0. The molecule has 1 nitrogen and oxygen atoms in total. The SMILES string of the molecule is c1ccc(C2(c3ccccc3)c3ccccc3-c3ccc(-c4c5ccccc5c(-c5ccc6c(c5)C(c5ccccc5)(c5ccccc5)c5ccccc5-6)c5ncccc45)cc32)cc1. The Morgan fingerprint density at radius 1 is 0.266 bits per heavy atom. The lowest BCUT2D eigenvalue weighted by Crippen LogP contribution is -2.28. The third kappa shape index (κ3) is 4.98. The van der Waals surface area contributed by atoms with E-state index in [1.54, 1.807) is 0 Å². The van der Waals surface area contributed by atoms with Gasteiger partial charge in [-0.05, 0) is 112 Å². The quantitative estimate of drug-likeness (QED) is 0.152. The second-order valence-electron chi connectivity index (χ2n) is 17.3. The van der Waals surface area contributed by atoms with Crippen molar-refractivity contribution in [2.75, 3.05) is 0 Å². The molecule has 64 heavy (non-hydrogen) atoms. The summed E-state index contributed by atoms with van der Waals surface area (Å²) in [6.07, 6.45) is 1.96. The Morgan fingerprint density at radius 3 is 1.09 bits per heavy atom. The molecule has 0 fully saturated rings. The number of aromatic nitrogens is 1. The molecule has 10 aromatic carbocycles. The number of rotatable bonds is 6. The maximum atomic E-state index is 5.31. The molecule has 0 radical (unpaired) electrons. The fraction of sp³-hybridized carbons (Fsp3) is 0.0317. The van der Waals surface area contributed by atoms with E-state index in [0.29, 0.717) is 0 Å². The standard InChI is InChI=1S/C63H41N/c1-5-20-44(21-6-1)62(45-22-7-2-8-23-45)55-33-17-15-28-48(55)50-37-35-42(40-57(50)62)59-52-30-13-14-31-53(52)60(61-54(59)32-19-39-64-61)43-36-38-51-49-29-16-18-34-56(49)63(58(51)41-43,46-24-9-3-10-25-46)47-26-11-4-12-27-47/h1-41H. The molecule has 0 saturated heterocycles. The van der Waals surface area contributed by atoms with Crippen LogP contribution < -0.4 is 0 Å². The highest BCUT2D eigenvalue weighted by molar-refractivity contribution is 6.20. The smallest absolute Gasteiger partial charge is 0.0792 e. The normalized spacial score (nSPS) is 13.9. The molecule has 1 aromatic heterocycles. The molecule has 0 saturated carbocycles. The first-order valence-electron chi connectivity index (χ1n) is 22.3. The molecule has 0 N–H and O–H groups in total. The van der Waals surface area contributed by atoms with Crippen LogP contribution in [0.2, 0.25) is 0 Å². The van der Waals surface area contributed by atoms with Gasteiger partial charge >= 0.3 is 0 Å². The van der Waals surface area contributed by atoms with Crippen LogP contribution in [0.4, 0.5) is 0 Å². The number of pyridine rings is 1. The van der Waals surface area contributed by atoms with Crippen LogP contribution in [0.3, 0.4) is 0 Å². The van der Waals surface area contributed by atoms with E-state index in [0.717, 1.165) is 22.0 Å². The van der Waals surface area contributed by atoms with Gasteiger partial charge in [0.15, 0.2) is 0 Å². The van der Waals surface area contributed by atoms with Crippen molar-refractivity contribution < 1.29 is 0 Å². The van der Waals surface area contributed by atoms with Crippen molar-refractivity contribution in [3.8, 4) is 44.5 Å². The minimum absolute atomic E-state index is 0.500. The van der Waals surface area contributed by atoms with Crippen molar-refractivity contribution in [2.24, 2.45) is 0 Å². The molecule has 1 heteroatoms. The Bertz CT molecular complexity index is 3220. The van der Waals surface area contributed by atoms with Gasteiger partial charge in [0.2, 0.25) is 0 Å². The van der Waals surface area contributed by atoms with Crippen LogP contribution in [-0.4, -0.2) is 4.98 Å². The molecule has 2 aliphatic rings. The second kappa shape index (κ2) is 14.2. The van der Waals surface area contributed by atoms with E-state index in [1.807, 2.05) is 6.20 Å². The molecule has 0 unspecified atom stereocenters. The summed E-state index contributed by atoms with van der Waals surface area (Å²) >= 11 is 0. The zero-order valence-corrected chi connectivity index (χ0v) is 35.1. The summed E-state index contributed by atoms with van der Waals surface area (Å²) in [5.41, 5.74) is 20.0. The maximum Gasteiger partial charge on any atom is 0.0792 e. The molecule has 0 atom stereocenters. The molecule has 298 valence electrons. The molecule has 13 rings (SSSR count). The van der Waals surface area contributed by atoms with Crippen LogP contribution in [0.15, 0.2) is 249 Å². The zero-order valence-electron chi connectivity index (χ0n) is 35.1. The van der Waals surface area contributed by atoms with Crippen molar-refractivity contribution in [1.29, 1.82) is 0 Å². The second-order valence-corrected chi connectivity index (χ2v) is 17.3. The molecule has 0 spiro atoms. The van der Waals surface area contributed by atoms with E-state index in [-0.39, 0.29) is 0 Å². The summed E-state index contributed by atoms with van der Waals surface area (Å²) in [6.45, 7) is 0. The van der Waals surface area contributed by atoms with E-state index in [4.69, 9.17) is 4.98 Å². The van der Waals surface area contributed by atoms with E-state index < -0.39 is 10.8 Å². The van der Waals surface area contributed by atoms with Gasteiger partial charge in [0.1, 0.15) is 0 Å². The van der Waals surface area contributed by atoms with Gasteiger partial charge in [-0.15, -0.1) is 0 Å². The molecule has 1 heterocycles. The largest absolute Gasteiger partial charge is 0.256 e. The lowest BCUT2D eigenvalue weighted by Gasteiger charge is -2.34. The highest BCUT2D eigenvalue weighted by Gasteiger charge is 2.47. The van der Waals surface area contributed by atoms with Gasteiger partial charge in [0, 0.05) is 17.1 Å². The predicted octanol–water partition coefficient (Wildman–Crippen LogP) is 15.4. The molecular weight excluding hydrogens is 771 g/mol. The van der Waals surface area contributed by atoms with E-state index in [2.05, 4.69) is 243 Å². The Kier molecular flexibility index (Phi) is 8.11. The average molecular weight is 812 g/mol. The predicted molar refractivity (Wildman–Crippen MR) is 265 cm³/mol. The van der Waals surface area contributed by atoms with Gasteiger partial charge in [-0.2, -0.15) is 0 Å². The van der Waals surface area contributed by atoms with E-state index in [9.17, 15) is 0 Å². The van der Waals surface area contributed by atoms with Crippen molar-refractivity contribution >= 4 is 21.7 Å². The summed E-state index contributed by atoms with van der Waals surface area (Å²) in [7, 11) is 0. The fourth-order valence-corrected chi connectivity index (χ4v) is 11.8. The van der Waals surface area contributed by atoms with Gasteiger partial charge in [0.05, 0.1) is 16.3 Å². The molecule has 0 amide bonds. The monoisotopic (exact) mass is 811 g/mol. The highest BCUT2D eigenvalue weighted by atomic mass is 14.7. The number of benzene rings is 10. The third-order valence-electron chi connectivity index (χ3n) is 14.3. The number of hydrogen-bond acceptors (Lipinski definition) is 1. The summed E-state index contributed by atoms with van der Waals surface area (Å²) < 4.78 is 0. The Balaban J connectivity index is 1.08. The van der Waals surface area contributed by atoms with Gasteiger partial charge in [-0.1, -0.05) is 224 Å². The van der Waals surface area contributed by atoms with Crippen molar-refractivity contribution in [2.45, 2.75) is 10.8 Å².